The molecular formula is C22H30F4O2. The second kappa shape index (κ2) is 9.02. The van der Waals surface area contributed by atoms with E-state index in [0.29, 0.717) is 37.5 Å². The molecule has 28 heavy (non-hydrogen) atoms. The molecular weight excluding hydrogens is 372 g/mol. The van der Waals surface area contributed by atoms with Crippen LogP contribution in [-0.2, 0) is 4.74 Å². The number of rotatable bonds is 6. The van der Waals surface area contributed by atoms with Gasteiger partial charge in [0.15, 0.2) is 0 Å². The van der Waals surface area contributed by atoms with Crippen LogP contribution in [0.15, 0.2) is 12.1 Å². The molecule has 2 atom stereocenters. The number of hydrogen-bond donors (Lipinski definition) is 0. The first-order chi connectivity index (χ1) is 13.3. The molecule has 0 radical (unpaired) electrons. The van der Waals surface area contributed by atoms with Crippen molar-refractivity contribution in [3.05, 3.63) is 29.3 Å². The maximum Gasteiger partial charge on any atom is 0.400 e. The lowest BCUT2D eigenvalue weighted by Crippen LogP contribution is -2.40. The summed E-state index contributed by atoms with van der Waals surface area (Å²) in [5.74, 6) is -2.25. The van der Waals surface area contributed by atoms with E-state index in [4.69, 9.17) is 9.47 Å². The minimum absolute atomic E-state index is 0.170. The number of ether oxygens (including phenoxy) is 2. The van der Waals surface area contributed by atoms with Gasteiger partial charge in [0.25, 0.3) is 0 Å². The van der Waals surface area contributed by atoms with Gasteiger partial charge in [-0.25, -0.2) is 8.78 Å². The van der Waals surface area contributed by atoms with Crippen LogP contribution in [0, 0.1) is 36.3 Å². The predicted molar refractivity (Wildman–Crippen MR) is 99.5 cm³/mol. The summed E-state index contributed by atoms with van der Waals surface area (Å²) in [6.07, 6.45) is 3.22. The van der Waals surface area contributed by atoms with Gasteiger partial charge in [0.05, 0.1) is 12.0 Å². The molecule has 1 aromatic rings. The van der Waals surface area contributed by atoms with E-state index < -0.39 is 29.4 Å². The molecule has 6 heteroatoms. The molecule has 0 bridgehead atoms. The second-order valence-electron chi connectivity index (χ2n) is 8.39. The van der Waals surface area contributed by atoms with Crippen LogP contribution in [0.4, 0.5) is 17.6 Å². The normalized spacial score (nSPS) is 28.9. The van der Waals surface area contributed by atoms with Crippen molar-refractivity contribution >= 4 is 0 Å². The van der Waals surface area contributed by atoms with Gasteiger partial charge in [0.1, 0.15) is 17.4 Å². The van der Waals surface area contributed by atoms with Gasteiger partial charge in [0, 0.05) is 24.3 Å². The Morgan fingerprint density at radius 1 is 1.04 bits per heavy atom. The molecule has 2 unspecified atom stereocenters. The molecule has 0 amide bonds. The van der Waals surface area contributed by atoms with E-state index in [9.17, 15) is 17.6 Å². The van der Waals surface area contributed by atoms with Crippen molar-refractivity contribution in [1.82, 2.24) is 0 Å². The zero-order valence-corrected chi connectivity index (χ0v) is 16.7. The summed E-state index contributed by atoms with van der Waals surface area (Å²) in [4.78, 5) is 0. The lowest BCUT2D eigenvalue weighted by Gasteiger charge is -2.39. The van der Waals surface area contributed by atoms with Gasteiger partial charge in [0.2, 0.25) is 0 Å². The summed E-state index contributed by atoms with van der Waals surface area (Å²) in [6, 6.07) is 1.64. The summed E-state index contributed by atoms with van der Waals surface area (Å²) >= 11 is 0. The Morgan fingerprint density at radius 2 is 1.68 bits per heavy atom. The van der Waals surface area contributed by atoms with Gasteiger partial charge in [-0.3, -0.25) is 0 Å². The zero-order valence-electron chi connectivity index (χ0n) is 16.7. The van der Waals surface area contributed by atoms with Gasteiger partial charge in [-0.1, -0.05) is 13.3 Å². The van der Waals surface area contributed by atoms with Crippen LogP contribution >= 0.6 is 0 Å². The van der Waals surface area contributed by atoms with E-state index in [1.807, 2.05) is 0 Å². The van der Waals surface area contributed by atoms with E-state index in [0.717, 1.165) is 38.0 Å². The van der Waals surface area contributed by atoms with Crippen molar-refractivity contribution in [3.8, 4) is 5.75 Å². The molecule has 158 valence electrons. The van der Waals surface area contributed by atoms with Crippen molar-refractivity contribution in [2.75, 3.05) is 6.61 Å². The molecule has 2 aliphatic rings. The highest BCUT2D eigenvalue weighted by Crippen LogP contribution is 2.43. The quantitative estimate of drug-likeness (QED) is 0.496. The predicted octanol–water partition coefficient (Wildman–Crippen LogP) is 6.65. The van der Waals surface area contributed by atoms with Crippen molar-refractivity contribution < 1.29 is 27.0 Å². The molecule has 1 saturated heterocycles. The first-order valence-corrected chi connectivity index (χ1v) is 10.4. The van der Waals surface area contributed by atoms with E-state index in [1.54, 1.807) is 0 Å². The number of alkyl halides is 2. The fourth-order valence-electron chi connectivity index (χ4n) is 4.58. The van der Waals surface area contributed by atoms with Crippen molar-refractivity contribution in [3.63, 3.8) is 0 Å². The van der Waals surface area contributed by atoms with Gasteiger partial charge in [-0.15, -0.1) is 0 Å². The SMILES string of the molecule is CCCC1CCC(C2CCC(C(F)(F)Oc3cc(F)c(C)c(F)c3)CC2)OC1. The monoisotopic (exact) mass is 402 g/mol. The average Bonchev–Trinajstić information content (AvgIpc) is 2.67. The van der Waals surface area contributed by atoms with Gasteiger partial charge in [-0.2, -0.15) is 8.78 Å². The highest BCUT2D eigenvalue weighted by Gasteiger charge is 2.45. The van der Waals surface area contributed by atoms with Crippen LogP contribution in [0.3, 0.4) is 0 Å². The van der Waals surface area contributed by atoms with Crippen LogP contribution in [0.25, 0.3) is 0 Å². The summed E-state index contributed by atoms with van der Waals surface area (Å²) < 4.78 is 67.1. The van der Waals surface area contributed by atoms with Gasteiger partial charge in [-0.05, 0) is 63.7 Å². The minimum atomic E-state index is -3.45. The molecule has 2 nitrogen and oxygen atoms in total. The highest BCUT2D eigenvalue weighted by molar-refractivity contribution is 5.30. The first-order valence-electron chi connectivity index (χ1n) is 10.4. The number of halogens is 4. The molecule has 1 saturated carbocycles. The summed E-state index contributed by atoms with van der Waals surface area (Å²) in [5.41, 5.74) is -0.204. The third-order valence-corrected chi connectivity index (χ3v) is 6.38. The average molecular weight is 402 g/mol. The van der Waals surface area contributed by atoms with E-state index in [-0.39, 0.29) is 11.7 Å². The molecule has 0 aromatic heterocycles. The fraction of sp³-hybridized carbons (Fsp3) is 0.727. The van der Waals surface area contributed by atoms with Crippen molar-refractivity contribution in [2.45, 2.75) is 77.4 Å². The highest BCUT2D eigenvalue weighted by atomic mass is 19.3. The van der Waals surface area contributed by atoms with E-state index in [1.165, 1.54) is 13.3 Å². The largest absolute Gasteiger partial charge is 0.432 e. The first kappa shape index (κ1) is 21.4. The lowest BCUT2D eigenvalue weighted by molar-refractivity contribution is -0.225. The molecule has 2 fully saturated rings. The second-order valence-corrected chi connectivity index (χ2v) is 8.39. The Labute approximate surface area is 164 Å². The molecule has 0 N–H and O–H groups in total. The van der Waals surface area contributed by atoms with Crippen LogP contribution in [0.1, 0.15) is 63.9 Å². The standard InChI is InChI=1S/C22H30F4O2/c1-3-4-15-5-10-21(27-13-15)16-6-8-17(9-7-16)22(25,26)28-18-11-19(23)14(2)20(24)12-18/h11-12,15-17,21H,3-10,13H2,1-2H3. The van der Waals surface area contributed by atoms with Crippen LogP contribution < -0.4 is 4.74 Å². The Balaban J connectivity index is 1.52. The van der Waals surface area contributed by atoms with Crippen molar-refractivity contribution in [1.29, 1.82) is 0 Å². The van der Waals surface area contributed by atoms with Crippen molar-refractivity contribution in [2.24, 2.45) is 17.8 Å². The number of benzene rings is 1. The third-order valence-electron chi connectivity index (χ3n) is 6.38. The minimum Gasteiger partial charge on any atom is -0.432 e. The summed E-state index contributed by atoms with van der Waals surface area (Å²) in [7, 11) is 0. The Hall–Kier alpha value is -1.30. The molecule has 3 rings (SSSR count). The molecule has 1 aromatic carbocycles. The maximum absolute atomic E-state index is 14.6. The van der Waals surface area contributed by atoms with Crippen LogP contribution in [0.2, 0.25) is 0 Å². The van der Waals surface area contributed by atoms with Gasteiger partial charge < -0.3 is 9.47 Å². The molecule has 0 spiro atoms. The van der Waals surface area contributed by atoms with Crippen LogP contribution in [-0.4, -0.2) is 18.8 Å². The molecule has 1 aliphatic heterocycles. The van der Waals surface area contributed by atoms with E-state index in [2.05, 4.69) is 6.92 Å². The fourth-order valence-corrected chi connectivity index (χ4v) is 4.58. The van der Waals surface area contributed by atoms with Gasteiger partial charge >= 0.3 is 6.11 Å². The summed E-state index contributed by atoms with van der Waals surface area (Å²) in [6.45, 7) is 4.21. The molecule has 1 heterocycles. The van der Waals surface area contributed by atoms with E-state index >= 15 is 0 Å². The Kier molecular flexibility index (Phi) is 6.89. The van der Waals surface area contributed by atoms with Crippen LogP contribution in [0.5, 0.6) is 5.75 Å². The number of hydrogen-bond acceptors (Lipinski definition) is 2. The third kappa shape index (κ3) is 5.00. The Morgan fingerprint density at radius 3 is 2.21 bits per heavy atom. The molecule has 1 aliphatic carbocycles. The lowest BCUT2D eigenvalue weighted by atomic mass is 9.76. The zero-order chi connectivity index (χ0) is 20.3. The maximum atomic E-state index is 14.6. The Bertz CT molecular complexity index is 625. The smallest absolute Gasteiger partial charge is 0.400 e. The summed E-state index contributed by atoms with van der Waals surface area (Å²) in [5, 5.41) is 0. The topological polar surface area (TPSA) is 18.5 Å².